The van der Waals surface area contributed by atoms with E-state index in [1.54, 1.807) is 0 Å². The largest absolute Gasteiger partial charge is 0.340 e. The number of rotatable bonds is 5. The summed E-state index contributed by atoms with van der Waals surface area (Å²) in [6.07, 6.45) is 1.90. The first-order valence-electron chi connectivity index (χ1n) is 6.84. The fraction of sp³-hybridized carbons (Fsp3) is 0.375. The van der Waals surface area contributed by atoms with E-state index in [1.807, 2.05) is 27.2 Å². The van der Waals surface area contributed by atoms with Crippen molar-refractivity contribution in [3.05, 3.63) is 52.8 Å². The van der Waals surface area contributed by atoms with Gasteiger partial charge in [0.1, 0.15) is 0 Å². The Morgan fingerprint density at radius 3 is 2.45 bits per heavy atom. The van der Waals surface area contributed by atoms with Gasteiger partial charge < -0.3 is 10.2 Å². The maximum atomic E-state index is 4.58. The van der Waals surface area contributed by atoms with Crippen LogP contribution >= 0.6 is 0 Å². The molecule has 0 aliphatic carbocycles. The lowest BCUT2D eigenvalue weighted by Gasteiger charge is -2.18. The van der Waals surface area contributed by atoms with E-state index in [0.29, 0.717) is 0 Å². The van der Waals surface area contributed by atoms with Crippen molar-refractivity contribution in [1.29, 1.82) is 0 Å². The molecule has 1 N–H and O–H groups in total. The molecule has 0 radical (unpaired) electrons. The first-order valence-corrected chi connectivity index (χ1v) is 6.84. The van der Waals surface area contributed by atoms with Crippen LogP contribution in [0, 0.1) is 13.8 Å². The van der Waals surface area contributed by atoms with E-state index in [4.69, 9.17) is 0 Å². The van der Waals surface area contributed by atoms with E-state index < -0.39 is 0 Å². The average molecular weight is 270 g/mol. The van der Waals surface area contributed by atoms with Crippen LogP contribution in [-0.2, 0) is 13.1 Å². The van der Waals surface area contributed by atoms with Crippen LogP contribution in [-0.4, -0.2) is 24.1 Å². The van der Waals surface area contributed by atoms with Crippen molar-refractivity contribution in [2.24, 2.45) is 0 Å². The fourth-order valence-electron chi connectivity index (χ4n) is 2.07. The van der Waals surface area contributed by atoms with Crippen LogP contribution in [0.2, 0.25) is 0 Å². The molecule has 20 heavy (non-hydrogen) atoms. The Balaban J connectivity index is 2.10. The second-order valence-corrected chi connectivity index (χ2v) is 5.15. The summed E-state index contributed by atoms with van der Waals surface area (Å²) < 4.78 is 0. The second kappa shape index (κ2) is 6.48. The zero-order valence-electron chi connectivity index (χ0n) is 12.6. The van der Waals surface area contributed by atoms with Gasteiger partial charge in [-0.15, -0.1) is 0 Å². The molecule has 2 rings (SSSR count). The van der Waals surface area contributed by atoms with E-state index in [2.05, 4.69) is 51.4 Å². The zero-order valence-corrected chi connectivity index (χ0v) is 12.6. The summed E-state index contributed by atoms with van der Waals surface area (Å²) in [6.45, 7) is 5.73. The minimum absolute atomic E-state index is 0.767. The van der Waals surface area contributed by atoms with Gasteiger partial charge in [-0.2, -0.15) is 0 Å². The van der Waals surface area contributed by atoms with Crippen molar-refractivity contribution >= 4 is 5.95 Å². The van der Waals surface area contributed by atoms with Crippen LogP contribution in [0.4, 0.5) is 5.95 Å². The molecule has 0 saturated carbocycles. The lowest BCUT2D eigenvalue weighted by Crippen LogP contribution is -2.20. The number of hydrogen-bond acceptors (Lipinski definition) is 4. The molecule has 0 atom stereocenters. The number of aryl methyl sites for hydroxylation is 2. The minimum atomic E-state index is 0.767. The molecule has 0 aliphatic heterocycles. The highest BCUT2D eigenvalue weighted by atomic mass is 15.2. The summed E-state index contributed by atoms with van der Waals surface area (Å²) in [6, 6.07) is 8.55. The Bertz CT molecular complexity index is 563. The molecule has 1 aromatic carbocycles. The van der Waals surface area contributed by atoms with Crippen LogP contribution in [0.5, 0.6) is 0 Å². The van der Waals surface area contributed by atoms with Crippen LogP contribution in [0.3, 0.4) is 0 Å². The number of hydrogen-bond donors (Lipinski definition) is 1. The van der Waals surface area contributed by atoms with Gasteiger partial charge in [0.25, 0.3) is 0 Å². The highest BCUT2D eigenvalue weighted by Crippen LogP contribution is 2.13. The summed E-state index contributed by atoms with van der Waals surface area (Å²) in [5.74, 6) is 0.767. The smallest absolute Gasteiger partial charge is 0.225 e. The molecular weight excluding hydrogens is 248 g/mol. The zero-order chi connectivity index (χ0) is 14.5. The molecule has 0 unspecified atom stereocenters. The van der Waals surface area contributed by atoms with Crippen molar-refractivity contribution in [3.63, 3.8) is 0 Å². The van der Waals surface area contributed by atoms with Crippen LogP contribution in [0.1, 0.15) is 22.4 Å². The highest BCUT2D eigenvalue weighted by molar-refractivity contribution is 5.34. The highest BCUT2D eigenvalue weighted by Gasteiger charge is 2.08. The molecule has 1 aromatic heterocycles. The predicted molar refractivity (Wildman–Crippen MR) is 82.8 cm³/mol. The Morgan fingerprint density at radius 1 is 1.15 bits per heavy atom. The summed E-state index contributed by atoms with van der Waals surface area (Å²) in [5, 5.41) is 3.13. The van der Waals surface area contributed by atoms with Gasteiger partial charge in [0.2, 0.25) is 5.95 Å². The van der Waals surface area contributed by atoms with Crippen LogP contribution < -0.4 is 10.2 Å². The lowest BCUT2D eigenvalue weighted by atomic mass is 10.1. The Morgan fingerprint density at radius 2 is 1.85 bits per heavy atom. The number of nitrogens with one attached hydrogen (secondary N) is 1. The van der Waals surface area contributed by atoms with Gasteiger partial charge in [-0.1, -0.05) is 29.8 Å². The normalized spacial score (nSPS) is 10.6. The number of aromatic nitrogens is 2. The van der Waals surface area contributed by atoms with E-state index >= 15 is 0 Å². The minimum Gasteiger partial charge on any atom is -0.340 e. The van der Waals surface area contributed by atoms with Gasteiger partial charge in [0.05, 0.1) is 0 Å². The summed E-state index contributed by atoms with van der Waals surface area (Å²) >= 11 is 0. The molecule has 4 heteroatoms. The SMILES string of the molecule is CNCc1cnc(N(C)Cc2ccc(C)cc2)nc1C. The number of anilines is 1. The van der Waals surface area contributed by atoms with Crippen molar-refractivity contribution in [2.75, 3.05) is 19.0 Å². The van der Waals surface area contributed by atoms with Gasteiger partial charge in [0.15, 0.2) is 0 Å². The fourth-order valence-corrected chi connectivity index (χ4v) is 2.07. The topological polar surface area (TPSA) is 41.1 Å². The first kappa shape index (κ1) is 14.5. The molecule has 0 spiro atoms. The second-order valence-electron chi connectivity index (χ2n) is 5.15. The Labute approximate surface area is 120 Å². The Hall–Kier alpha value is -1.94. The summed E-state index contributed by atoms with van der Waals surface area (Å²) in [7, 11) is 3.95. The maximum absolute atomic E-state index is 4.58. The standard InChI is InChI=1S/C16H22N4/c1-12-5-7-14(8-6-12)11-20(4)16-18-10-15(9-17-3)13(2)19-16/h5-8,10,17H,9,11H2,1-4H3. The van der Waals surface area contributed by atoms with Crippen molar-refractivity contribution in [2.45, 2.75) is 26.9 Å². The third-order valence-corrected chi connectivity index (χ3v) is 3.32. The van der Waals surface area contributed by atoms with E-state index in [-0.39, 0.29) is 0 Å². The van der Waals surface area contributed by atoms with Crippen LogP contribution in [0.25, 0.3) is 0 Å². The monoisotopic (exact) mass is 270 g/mol. The van der Waals surface area contributed by atoms with E-state index in [0.717, 1.165) is 30.3 Å². The summed E-state index contributed by atoms with van der Waals surface area (Å²) in [5.41, 5.74) is 4.71. The molecular formula is C16H22N4. The molecule has 1 heterocycles. The summed E-state index contributed by atoms with van der Waals surface area (Å²) in [4.78, 5) is 11.1. The van der Waals surface area contributed by atoms with Gasteiger partial charge in [-0.25, -0.2) is 9.97 Å². The molecule has 0 fully saturated rings. The van der Waals surface area contributed by atoms with Gasteiger partial charge in [0, 0.05) is 37.6 Å². The van der Waals surface area contributed by atoms with Gasteiger partial charge in [-0.3, -0.25) is 0 Å². The van der Waals surface area contributed by atoms with Crippen molar-refractivity contribution < 1.29 is 0 Å². The maximum Gasteiger partial charge on any atom is 0.225 e. The van der Waals surface area contributed by atoms with Crippen molar-refractivity contribution in [1.82, 2.24) is 15.3 Å². The van der Waals surface area contributed by atoms with E-state index in [9.17, 15) is 0 Å². The number of nitrogens with zero attached hydrogens (tertiary/aromatic N) is 3. The predicted octanol–water partition coefficient (Wildman–Crippen LogP) is 2.45. The van der Waals surface area contributed by atoms with Gasteiger partial charge in [-0.05, 0) is 26.5 Å². The molecule has 4 nitrogen and oxygen atoms in total. The molecule has 0 bridgehead atoms. The van der Waals surface area contributed by atoms with Crippen molar-refractivity contribution in [3.8, 4) is 0 Å². The average Bonchev–Trinajstić information content (AvgIpc) is 2.44. The molecule has 0 amide bonds. The molecule has 0 saturated heterocycles. The third-order valence-electron chi connectivity index (χ3n) is 3.32. The third kappa shape index (κ3) is 3.54. The Kier molecular flexibility index (Phi) is 4.69. The lowest BCUT2D eigenvalue weighted by molar-refractivity contribution is 0.785. The quantitative estimate of drug-likeness (QED) is 0.906. The van der Waals surface area contributed by atoms with E-state index in [1.165, 1.54) is 11.1 Å². The molecule has 2 aromatic rings. The van der Waals surface area contributed by atoms with Gasteiger partial charge >= 0.3 is 0 Å². The number of benzene rings is 1. The molecule has 0 aliphatic rings. The first-order chi connectivity index (χ1) is 9.60. The van der Waals surface area contributed by atoms with Crippen LogP contribution in [0.15, 0.2) is 30.5 Å². The molecule has 106 valence electrons.